The number of benzene rings is 2. The molecule has 2 heterocycles. The van der Waals surface area contributed by atoms with Crippen LogP contribution in [0, 0.1) is 0 Å². The number of hydrogen-bond donors (Lipinski definition) is 1. The van der Waals surface area contributed by atoms with Crippen LogP contribution >= 0.6 is 0 Å². The van der Waals surface area contributed by atoms with Gasteiger partial charge in [-0.2, -0.15) is 0 Å². The van der Waals surface area contributed by atoms with Gasteiger partial charge in [0.25, 0.3) is 5.79 Å². The van der Waals surface area contributed by atoms with E-state index in [-0.39, 0.29) is 23.3 Å². The summed E-state index contributed by atoms with van der Waals surface area (Å²) in [4.78, 5) is 37.6. The van der Waals surface area contributed by atoms with E-state index in [0.29, 0.717) is 37.8 Å². The number of ether oxygens (including phenoxy) is 2. The SMILES string of the molecule is O=C1CC(c2ccc(C3CC(=C4C(=O)OC5(CCCC5)OC4=O)c4ccccc43)cc2)CN1. The minimum atomic E-state index is -1.07. The molecule has 4 aliphatic rings. The summed E-state index contributed by atoms with van der Waals surface area (Å²) in [5, 5.41) is 2.89. The van der Waals surface area contributed by atoms with Gasteiger partial charge in [0.05, 0.1) is 0 Å². The van der Waals surface area contributed by atoms with E-state index in [0.717, 1.165) is 35.1 Å². The third-order valence-electron chi connectivity index (χ3n) is 7.49. The minimum absolute atomic E-state index is 0.0315. The molecule has 1 amide bonds. The Morgan fingerprint density at radius 3 is 2.15 bits per heavy atom. The monoisotopic (exact) mass is 443 g/mol. The zero-order chi connectivity index (χ0) is 22.6. The molecular formula is C27H25NO5. The van der Waals surface area contributed by atoms with Gasteiger partial charge in [-0.1, -0.05) is 48.5 Å². The minimum Gasteiger partial charge on any atom is -0.419 e. The van der Waals surface area contributed by atoms with Crippen molar-refractivity contribution in [1.82, 2.24) is 5.32 Å². The average molecular weight is 443 g/mol. The Morgan fingerprint density at radius 1 is 0.818 bits per heavy atom. The standard InChI is InChI=1S/C27H25NO5/c29-23-13-18(15-28-23)16-7-9-17(10-8-16)21-14-22(20-6-2-1-5-19(20)21)24-25(30)32-27(33-26(24)31)11-3-4-12-27/h1-2,5-10,18,21H,3-4,11-15H2,(H,28,29). The highest BCUT2D eigenvalue weighted by molar-refractivity contribution is 6.21. The highest BCUT2D eigenvalue weighted by atomic mass is 16.7. The fraction of sp³-hybridized carbons (Fsp3) is 0.370. The zero-order valence-corrected chi connectivity index (χ0v) is 18.3. The van der Waals surface area contributed by atoms with Crippen molar-refractivity contribution in [3.05, 3.63) is 76.4 Å². The number of carbonyl (C=O) groups excluding carboxylic acids is 3. The smallest absolute Gasteiger partial charge is 0.349 e. The predicted octanol–water partition coefficient (Wildman–Crippen LogP) is 3.95. The van der Waals surface area contributed by atoms with Crippen molar-refractivity contribution in [3.63, 3.8) is 0 Å². The van der Waals surface area contributed by atoms with E-state index in [1.807, 2.05) is 18.2 Å². The van der Waals surface area contributed by atoms with E-state index >= 15 is 0 Å². The Kier molecular flexibility index (Phi) is 4.64. The van der Waals surface area contributed by atoms with Gasteiger partial charge in [0.15, 0.2) is 0 Å². The summed E-state index contributed by atoms with van der Waals surface area (Å²) in [6.07, 6.45) is 3.97. The van der Waals surface area contributed by atoms with Crippen molar-refractivity contribution < 1.29 is 23.9 Å². The second-order valence-corrected chi connectivity index (χ2v) is 9.47. The molecule has 2 aromatic carbocycles. The number of amides is 1. The van der Waals surface area contributed by atoms with Crippen molar-refractivity contribution in [3.8, 4) is 0 Å². The number of carbonyl (C=O) groups is 3. The fourth-order valence-corrected chi connectivity index (χ4v) is 5.78. The van der Waals surface area contributed by atoms with E-state index in [2.05, 4.69) is 35.6 Å². The molecule has 0 radical (unpaired) electrons. The molecule has 6 heteroatoms. The van der Waals surface area contributed by atoms with Gasteiger partial charge in [0, 0.05) is 37.6 Å². The molecule has 2 unspecified atom stereocenters. The normalized spacial score (nSPS) is 25.8. The Morgan fingerprint density at radius 2 is 1.48 bits per heavy atom. The van der Waals surface area contributed by atoms with Crippen molar-refractivity contribution in [2.75, 3.05) is 6.54 Å². The number of fused-ring (bicyclic) bond motifs is 1. The lowest BCUT2D eigenvalue weighted by molar-refractivity contribution is -0.232. The highest BCUT2D eigenvalue weighted by Gasteiger charge is 2.49. The maximum Gasteiger partial charge on any atom is 0.349 e. The number of nitrogens with one attached hydrogen (secondary N) is 1. The summed E-state index contributed by atoms with van der Waals surface area (Å²) >= 11 is 0. The number of hydrogen-bond acceptors (Lipinski definition) is 5. The summed E-state index contributed by atoms with van der Waals surface area (Å²) < 4.78 is 11.4. The van der Waals surface area contributed by atoms with Gasteiger partial charge >= 0.3 is 11.9 Å². The van der Waals surface area contributed by atoms with Gasteiger partial charge in [-0.15, -0.1) is 0 Å². The first-order chi connectivity index (χ1) is 16.0. The Hall–Kier alpha value is -3.41. The molecule has 2 aliphatic heterocycles. The van der Waals surface area contributed by atoms with Crippen LogP contribution in [0.25, 0.3) is 5.57 Å². The molecule has 6 nitrogen and oxygen atoms in total. The van der Waals surface area contributed by atoms with Crippen molar-refractivity contribution >= 4 is 23.4 Å². The molecule has 0 aromatic heterocycles. The number of allylic oxidation sites excluding steroid dienone is 1. The van der Waals surface area contributed by atoms with Gasteiger partial charge in [-0.3, -0.25) is 4.79 Å². The van der Waals surface area contributed by atoms with E-state index in [1.54, 1.807) is 0 Å². The molecular weight excluding hydrogens is 418 g/mol. The van der Waals surface area contributed by atoms with Gasteiger partial charge in [-0.05, 0) is 47.1 Å². The molecule has 33 heavy (non-hydrogen) atoms. The molecule has 1 spiro atoms. The number of rotatable bonds is 2. The molecule has 1 N–H and O–H groups in total. The Bertz CT molecular complexity index is 1170. The second-order valence-electron chi connectivity index (χ2n) is 9.47. The highest BCUT2D eigenvalue weighted by Crippen LogP contribution is 2.48. The summed E-state index contributed by atoms with van der Waals surface area (Å²) in [7, 11) is 0. The lowest BCUT2D eigenvalue weighted by atomic mass is 9.90. The van der Waals surface area contributed by atoms with Crippen LogP contribution in [0.3, 0.4) is 0 Å². The molecule has 2 saturated heterocycles. The molecule has 2 atom stereocenters. The van der Waals surface area contributed by atoms with E-state index in [4.69, 9.17) is 9.47 Å². The first-order valence-corrected chi connectivity index (χ1v) is 11.7. The molecule has 6 rings (SSSR count). The quantitative estimate of drug-likeness (QED) is 0.432. The van der Waals surface area contributed by atoms with Gasteiger partial charge < -0.3 is 14.8 Å². The van der Waals surface area contributed by atoms with Crippen molar-refractivity contribution in [2.45, 2.75) is 56.1 Å². The second kappa shape index (κ2) is 7.58. The van der Waals surface area contributed by atoms with Gasteiger partial charge in [-0.25, -0.2) is 9.59 Å². The third-order valence-corrected chi connectivity index (χ3v) is 7.49. The van der Waals surface area contributed by atoms with Crippen LogP contribution in [-0.2, 0) is 23.9 Å². The molecule has 2 aromatic rings. The molecule has 3 fully saturated rings. The van der Waals surface area contributed by atoms with Crippen LogP contribution in [0.1, 0.15) is 72.6 Å². The zero-order valence-electron chi connectivity index (χ0n) is 18.3. The van der Waals surface area contributed by atoms with Crippen LogP contribution < -0.4 is 5.32 Å². The fourth-order valence-electron chi connectivity index (χ4n) is 5.78. The molecule has 2 aliphatic carbocycles. The van der Waals surface area contributed by atoms with Crippen LogP contribution in [0.2, 0.25) is 0 Å². The molecule has 168 valence electrons. The summed E-state index contributed by atoms with van der Waals surface area (Å²) in [5.41, 5.74) is 4.99. The summed E-state index contributed by atoms with van der Waals surface area (Å²) in [5.74, 6) is -1.86. The maximum absolute atomic E-state index is 13.0. The van der Waals surface area contributed by atoms with Gasteiger partial charge in [0.2, 0.25) is 5.91 Å². The first kappa shape index (κ1) is 20.2. The Labute approximate surface area is 192 Å². The number of esters is 2. The van der Waals surface area contributed by atoms with E-state index in [1.165, 1.54) is 0 Å². The summed E-state index contributed by atoms with van der Waals surface area (Å²) in [6.45, 7) is 0.673. The molecule has 1 saturated carbocycles. The van der Waals surface area contributed by atoms with Crippen LogP contribution in [0.15, 0.2) is 54.1 Å². The average Bonchev–Trinajstić information content (AvgIpc) is 3.53. The maximum atomic E-state index is 13.0. The van der Waals surface area contributed by atoms with Crippen LogP contribution in [-0.4, -0.2) is 30.2 Å². The van der Waals surface area contributed by atoms with E-state index in [9.17, 15) is 14.4 Å². The van der Waals surface area contributed by atoms with Crippen LogP contribution in [0.4, 0.5) is 0 Å². The lowest BCUT2D eigenvalue weighted by Crippen LogP contribution is -2.44. The summed E-state index contributed by atoms with van der Waals surface area (Å²) in [6, 6.07) is 16.3. The van der Waals surface area contributed by atoms with Gasteiger partial charge in [0.1, 0.15) is 5.57 Å². The Balaban J connectivity index is 1.33. The lowest BCUT2D eigenvalue weighted by Gasteiger charge is -2.33. The third kappa shape index (κ3) is 3.36. The predicted molar refractivity (Wildman–Crippen MR) is 120 cm³/mol. The van der Waals surface area contributed by atoms with Crippen LogP contribution in [0.5, 0.6) is 0 Å². The van der Waals surface area contributed by atoms with Crippen molar-refractivity contribution in [2.24, 2.45) is 0 Å². The topological polar surface area (TPSA) is 81.7 Å². The molecule has 0 bridgehead atoms. The largest absolute Gasteiger partial charge is 0.419 e. The van der Waals surface area contributed by atoms with Crippen molar-refractivity contribution in [1.29, 1.82) is 0 Å². The first-order valence-electron chi connectivity index (χ1n) is 11.7. The van der Waals surface area contributed by atoms with E-state index < -0.39 is 17.7 Å².